The van der Waals surface area contributed by atoms with Gasteiger partial charge in [-0.15, -0.1) is 0 Å². The summed E-state index contributed by atoms with van der Waals surface area (Å²) in [5.74, 6) is 0.831. The topological polar surface area (TPSA) is 32.3 Å². The minimum atomic E-state index is 0.0566. The largest absolute Gasteiger partial charge is 0.323 e. The number of hydrogen-bond donors (Lipinski definition) is 1. The fraction of sp³-hybridized carbons (Fsp3) is 0.938. The molecule has 0 aromatic carbocycles. The maximum Gasteiger partial charge on any atom is 0.241 e. The molecule has 0 bridgehead atoms. The number of nitrogens with zero attached hydrogens (tertiary/aromatic N) is 1. The quantitative estimate of drug-likeness (QED) is 0.848. The monoisotopic (exact) mass is 266 g/mol. The third kappa shape index (κ3) is 2.96. The first-order valence-electron chi connectivity index (χ1n) is 7.94. The van der Waals surface area contributed by atoms with Gasteiger partial charge >= 0.3 is 0 Å². The zero-order valence-corrected chi connectivity index (χ0v) is 13.2. The van der Waals surface area contributed by atoms with E-state index in [1.54, 1.807) is 0 Å². The second-order valence-electron chi connectivity index (χ2n) is 7.50. The Labute approximate surface area is 118 Å². The molecule has 1 saturated carbocycles. The highest BCUT2D eigenvalue weighted by Crippen LogP contribution is 2.41. The van der Waals surface area contributed by atoms with Gasteiger partial charge in [0.25, 0.3) is 0 Å². The maximum atomic E-state index is 12.7. The van der Waals surface area contributed by atoms with Crippen molar-refractivity contribution in [2.75, 3.05) is 0 Å². The minimum Gasteiger partial charge on any atom is -0.323 e. The molecule has 3 nitrogen and oxygen atoms in total. The Morgan fingerprint density at radius 2 is 2.11 bits per heavy atom. The van der Waals surface area contributed by atoms with Crippen LogP contribution in [-0.2, 0) is 4.79 Å². The van der Waals surface area contributed by atoms with Crippen LogP contribution in [0.15, 0.2) is 0 Å². The van der Waals surface area contributed by atoms with E-state index in [9.17, 15) is 4.79 Å². The van der Waals surface area contributed by atoms with Crippen LogP contribution in [0.4, 0.5) is 0 Å². The van der Waals surface area contributed by atoms with Crippen LogP contribution in [0.1, 0.15) is 66.7 Å². The van der Waals surface area contributed by atoms with Crippen molar-refractivity contribution < 1.29 is 4.79 Å². The van der Waals surface area contributed by atoms with Crippen molar-refractivity contribution in [3.8, 4) is 0 Å². The molecule has 2 aliphatic rings. The lowest BCUT2D eigenvalue weighted by molar-refractivity contribution is -0.133. The third-order valence-electron chi connectivity index (χ3n) is 4.77. The first-order chi connectivity index (χ1) is 8.85. The highest BCUT2D eigenvalue weighted by atomic mass is 16.2. The summed E-state index contributed by atoms with van der Waals surface area (Å²) in [6.45, 7) is 11.2. The first kappa shape index (κ1) is 14.8. The molecule has 1 N–H and O–H groups in total. The molecule has 3 atom stereocenters. The van der Waals surface area contributed by atoms with E-state index in [1.165, 1.54) is 12.8 Å². The van der Waals surface area contributed by atoms with Gasteiger partial charge in [-0.2, -0.15) is 0 Å². The van der Waals surface area contributed by atoms with Crippen molar-refractivity contribution >= 4 is 5.91 Å². The van der Waals surface area contributed by atoms with Gasteiger partial charge in [-0.25, -0.2) is 0 Å². The molecule has 1 amide bonds. The van der Waals surface area contributed by atoms with Crippen molar-refractivity contribution in [3.63, 3.8) is 0 Å². The van der Waals surface area contributed by atoms with Crippen molar-refractivity contribution in [1.82, 2.24) is 10.2 Å². The van der Waals surface area contributed by atoms with Gasteiger partial charge in [0.15, 0.2) is 0 Å². The summed E-state index contributed by atoms with van der Waals surface area (Å²) >= 11 is 0. The average Bonchev–Trinajstić information content (AvgIpc) is 2.81. The molecule has 19 heavy (non-hydrogen) atoms. The summed E-state index contributed by atoms with van der Waals surface area (Å²) in [4.78, 5) is 14.9. The zero-order valence-electron chi connectivity index (χ0n) is 13.2. The Kier molecular flexibility index (Phi) is 4.24. The normalized spacial score (nSPS) is 34.5. The van der Waals surface area contributed by atoms with E-state index < -0.39 is 0 Å². The summed E-state index contributed by atoms with van der Waals surface area (Å²) in [6.07, 6.45) is 5.84. The summed E-state index contributed by atoms with van der Waals surface area (Å²) in [6, 6.07) is 0.505. The molecule has 110 valence electrons. The summed E-state index contributed by atoms with van der Waals surface area (Å²) < 4.78 is 0. The van der Waals surface area contributed by atoms with E-state index in [-0.39, 0.29) is 12.2 Å². The Balaban J connectivity index is 2.14. The molecule has 0 radical (unpaired) electrons. The molecule has 0 aromatic rings. The molecule has 1 heterocycles. The van der Waals surface area contributed by atoms with Gasteiger partial charge in [-0.1, -0.05) is 41.0 Å². The molecular weight excluding hydrogens is 236 g/mol. The van der Waals surface area contributed by atoms with Crippen LogP contribution in [0.2, 0.25) is 0 Å². The van der Waals surface area contributed by atoms with Crippen LogP contribution >= 0.6 is 0 Å². The summed E-state index contributed by atoms with van der Waals surface area (Å²) in [7, 11) is 0. The van der Waals surface area contributed by atoms with E-state index in [0.717, 1.165) is 19.3 Å². The van der Waals surface area contributed by atoms with E-state index in [0.29, 0.717) is 23.3 Å². The number of carbonyl (C=O) groups is 1. The number of hydrogen-bond acceptors (Lipinski definition) is 2. The van der Waals surface area contributed by atoms with Crippen LogP contribution in [-0.4, -0.2) is 29.1 Å². The lowest BCUT2D eigenvalue weighted by atomic mass is 9.91. The predicted molar refractivity (Wildman–Crippen MR) is 78.7 cm³/mol. The van der Waals surface area contributed by atoms with Crippen molar-refractivity contribution in [2.24, 2.45) is 11.3 Å². The van der Waals surface area contributed by atoms with Gasteiger partial charge in [0.2, 0.25) is 5.91 Å². The van der Waals surface area contributed by atoms with Crippen LogP contribution in [0.25, 0.3) is 0 Å². The van der Waals surface area contributed by atoms with E-state index in [1.807, 2.05) is 0 Å². The second kappa shape index (κ2) is 5.43. The summed E-state index contributed by atoms with van der Waals surface area (Å²) in [5, 5.41) is 3.57. The summed E-state index contributed by atoms with van der Waals surface area (Å²) in [5.41, 5.74) is 0.398. The highest BCUT2D eigenvalue weighted by Gasteiger charge is 2.46. The standard InChI is InChI=1S/C16H30N2O/c1-6-7-13-15(19)18(14(17-13)11(2)3)12-8-9-16(4,5)10-12/h11-14,17H,6-10H2,1-5H3. The van der Waals surface area contributed by atoms with E-state index in [2.05, 4.69) is 44.8 Å². The molecule has 3 heteroatoms. The van der Waals surface area contributed by atoms with Gasteiger partial charge in [0, 0.05) is 6.04 Å². The van der Waals surface area contributed by atoms with Gasteiger partial charge in [-0.05, 0) is 37.0 Å². The molecule has 1 saturated heterocycles. The lowest BCUT2D eigenvalue weighted by Crippen LogP contribution is -2.46. The van der Waals surface area contributed by atoms with E-state index >= 15 is 0 Å². The molecule has 1 aliphatic carbocycles. The second-order valence-corrected chi connectivity index (χ2v) is 7.50. The van der Waals surface area contributed by atoms with Crippen molar-refractivity contribution in [1.29, 1.82) is 0 Å². The maximum absolute atomic E-state index is 12.7. The fourth-order valence-electron chi connectivity index (χ4n) is 3.73. The Hall–Kier alpha value is -0.570. The number of amides is 1. The third-order valence-corrected chi connectivity index (χ3v) is 4.77. The van der Waals surface area contributed by atoms with Gasteiger partial charge in [0.1, 0.15) is 0 Å². The molecule has 2 fully saturated rings. The molecule has 0 spiro atoms. The van der Waals surface area contributed by atoms with E-state index in [4.69, 9.17) is 0 Å². The molecular formula is C16H30N2O. The Morgan fingerprint density at radius 3 is 2.58 bits per heavy atom. The number of carbonyl (C=O) groups excluding carboxylic acids is 1. The van der Waals surface area contributed by atoms with Crippen molar-refractivity contribution in [2.45, 2.75) is 85.0 Å². The molecule has 0 aromatic heterocycles. The van der Waals surface area contributed by atoms with Gasteiger partial charge in [0.05, 0.1) is 12.2 Å². The number of rotatable bonds is 4. The zero-order chi connectivity index (χ0) is 14.2. The Morgan fingerprint density at radius 1 is 1.42 bits per heavy atom. The van der Waals surface area contributed by atoms with Crippen LogP contribution < -0.4 is 5.32 Å². The predicted octanol–water partition coefficient (Wildman–Crippen LogP) is 3.15. The van der Waals surface area contributed by atoms with Crippen molar-refractivity contribution in [3.05, 3.63) is 0 Å². The average molecular weight is 266 g/mol. The smallest absolute Gasteiger partial charge is 0.241 e. The molecule has 3 unspecified atom stereocenters. The lowest BCUT2D eigenvalue weighted by Gasteiger charge is -2.33. The first-order valence-corrected chi connectivity index (χ1v) is 7.94. The SMILES string of the molecule is CCCC1NC(C(C)C)N(C2CCC(C)(C)C2)C1=O. The molecule has 1 aliphatic heterocycles. The van der Waals surface area contributed by atoms with Crippen LogP contribution in [0.3, 0.4) is 0 Å². The van der Waals surface area contributed by atoms with Crippen LogP contribution in [0.5, 0.6) is 0 Å². The minimum absolute atomic E-state index is 0.0566. The Bertz CT molecular complexity index is 338. The van der Waals surface area contributed by atoms with Crippen LogP contribution in [0, 0.1) is 11.3 Å². The number of nitrogens with one attached hydrogen (secondary N) is 1. The van der Waals surface area contributed by atoms with Gasteiger partial charge < -0.3 is 4.90 Å². The van der Waals surface area contributed by atoms with Gasteiger partial charge in [-0.3, -0.25) is 10.1 Å². The highest BCUT2D eigenvalue weighted by molar-refractivity contribution is 5.84. The molecule has 2 rings (SSSR count). The fourth-order valence-corrected chi connectivity index (χ4v) is 3.73.